The summed E-state index contributed by atoms with van der Waals surface area (Å²) in [5.74, 6) is -0.469. The van der Waals surface area contributed by atoms with Crippen LogP contribution in [0.4, 0.5) is 4.39 Å². The number of hydrogen-bond acceptors (Lipinski definition) is 2. The Kier molecular flexibility index (Phi) is 5.47. The summed E-state index contributed by atoms with van der Waals surface area (Å²) in [6, 6.07) is 2.20. The van der Waals surface area contributed by atoms with E-state index in [1.54, 1.807) is 6.92 Å². The second kappa shape index (κ2) is 6.95. The lowest BCUT2D eigenvalue weighted by Gasteiger charge is -2.22. The molecule has 21 heavy (non-hydrogen) atoms. The second-order valence-electron chi connectivity index (χ2n) is 5.52. The Morgan fingerprint density at radius 2 is 2.19 bits per heavy atom. The fourth-order valence-electron chi connectivity index (χ4n) is 3.00. The standard InChI is InChI=1S/C15H19Cl2FN2O/c1-8(13-11(16)5-6-12(18)14(13)17)20-15(21)10-4-2-3-9(10)7-19/h5-6,8-10H,2-4,7,19H2,1H3,(H,20,21)/t8?,9-,10-/m1/s1. The lowest BCUT2D eigenvalue weighted by Crippen LogP contribution is -2.36. The predicted octanol–water partition coefficient (Wildman–Crippen LogP) is 3.68. The maximum atomic E-state index is 13.6. The van der Waals surface area contributed by atoms with Gasteiger partial charge in [0.25, 0.3) is 0 Å². The van der Waals surface area contributed by atoms with Crippen LogP contribution >= 0.6 is 23.2 Å². The molecule has 1 saturated carbocycles. The fourth-order valence-corrected chi connectivity index (χ4v) is 3.69. The van der Waals surface area contributed by atoms with Crippen molar-refractivity contribution in [3.8, 4) is 0 Å². The largest absolute Gasteiger partial charge is 0.349 e. The van der Waals surface area contributed by atoms with Crippen molar-refractivity contribution < 1.29 is 9.18 Å². The van der Waals surface area contributed by atoms with E-state index in [0.717, 1.165) is 19.3 Å². The minimum Gasteiger partial charge on any atom is -0.349 e. The molecule has 3 atom stereocenters. The first kappa shape index (κ1) is 16.5. The highest BCUT2D eigenvalue weighted by Gasteiger charge is 2.33. The summed E-state index contributed by atoms with van der Waals surface area (Å²) < 4.78 is 13.6. The maximum Gasteiger partial charge on any atom is 0.223 e. The fraction of sp³-hybridized carbons (Fsp3) is 0.533. The van der Waals surface area contributed by atoms with Crippen molar-refractivity contribution in [1.29, 1.82) is 0 Å². The van der Waals surface area contributed by atoms with Crippen molar-refractivity contribution in [3.05, 3.63) is 33.6 Å². The number of hydrogen-bond donors (Lipinski definition) is 2. The average molecular weight is 333 g/mol. The number of carbonyl (C=O) groups excluding carboxylic acids is 1. The third kappa shape index (κ3) is 3.50. The van der Waals surface area contributed by atoms with Crippen LogP contribution in [0, 0.1) is 17.7 Å². The van der Waals surface area contributed by atoms with Crippen LogP contribution in [-0.2, 0) is 4.79 Å². The molecule has 2 rings (SSSR count). The average Bonchev–Trinajstić information content (AvgIpc) is 2.91. The van der Waals surface area contributed by atoms with Gasteiger partial charge < -0.3 is 11.1 Å². The molecule has 0 heterocycles. The van der Waals surface area contributed by atoms with Gasteiger partial charge in [-0.15, -0.1) is 0 Å². The summed E-state index contributed by atoms with van der Waals surface area (Å²) in [6.07, 6.45) is 2.82. The van der Waals surface area contributed by atoms with Gasteiger partial charge in [0.05, 0.1) is 11.1 Å². The molecule has 116 valence electrons. The Balaban J connectivity index is 2.13. The molecule has 0 saturated heterocycles. The second-order valence-corrected chi connectivity index (χ2v) is 6.31. The Bertz CT molecular complexity index is 539. The monoisotopic (exact) mass is 332 g/mol. The maximum absolute atomic E-state index is 13.6. The normalized spacial score (nSPS) is 23.1. The Hall–Kier alpha value is -0.840. The molecule has 0 spiro atoms. The van der Waals surface area contributed by atoms with E-state index in [-0.39, 0.29) is 22.8 Å². The first-order chi connectivity index (χ1) is 9.95. The van der Waals surface area contributed by atoms with E-state index in [9.17, 15) is 9.18 Å². The highest BCUT2D eigenvalue weighted by atomic mass is 35.5. The molecule has 6 heteroatoms. The molecule has 0 aromatic heterocycles. The van der Waals surface area contributed by atoms with E-state index in [4.69, 9.17) is 28.9 Å². The van der Waals surface area contributed by atoms with Gasteiger partial charge >= 0.3 is 0 Å². The van der Waals surface area contributed by atoms with E-state index in [2.05, 4.69) is 5.32 Å². The zero-order valence-electron chi connectivity index (χ0n) is 11.8. The molecule has 3 nitrogen and oxygen atoms in total. The molecule has 1 fully saturated rings. The quantitative estimate of drug-likeness (QED) is 0.826. The number of rotatable bonds is 4. The number of carbonyl (C=O) groups is 1. The Morgan fingerprint density at radius 1 is 1.48 bits per heavy atom. The van der Waals surface area contributed by atoms with Gasteiger partial charge in [-0.1, -0.05) is 29.6 Å². The molecule has 0 radical (unpaired) electrons. The van der Waals surface area contributed by atoms with E-state index in [1.807, 2.05) is 0 Å². The molecule has 1 aliphatic carbocycles. The number of amides is 1. The van der Waals surface area contributed by atoms with Gasteiger partial charge in [0.15, 0.2) is 0 Å². The summed E-state index contributed by atoms with van der Waals surface area (Å²) in [5.41, 5.74) is 6.11. The summed E-state index contributed by atoms with van der Waals surface area (Å²) in [4.78, 5) is 12.4. The Labute approximate surface area is 134 Å². The summed E-state index contributed by atoms with van der Waals surface area (Å²) in [6.45, 7) is 2.25. The van der Waals surface area contributed by atoms with Crippen LogP contribution in [0.15, 0.2) is 12.1 Å². The lowest BCUT2D eigenvalue weighted by atomic mass is 9.94. The molecular weight excluding hydrogens is 314 g/mol. The van der Waals surface area contributed by atoms with Gasteiger partial charge in [0, 0.05) is 16.5 Å². The first-order valence-corrected chi connectivity index (χ1v) is 7.85. The smallest absolute Gasteiger partial charge is 0.223 e. The SMILES string of the molecule is CC(NC(=O)[C@@H]1CCC[C@@H]1CN)c1c(Cl)ccc(F)c1Cl. The van der Waals surface area contributed by atoms with Gasteiger partial charge in [-0.3, -0.25) is 4.79 Å². The highest BCUT2D eigenvalue weighted by Crippen LogP contribution is 2.34. The van der Waals surface area contributed by atoms with Gasteiger partial charge in [-0.05, 0) is 44.4 Å². The highest BCUT2D eigenvalue weighted by molar-refractivity contribution is 6.36. The van der Waals surface area contributed by atoms with Crippen LogP contribution in [0.1, 0.15) is 37.8 Å². The van der Waals surface area contributed by atoms with E-state index >= 15 is 0 Å². The Morgan fingerprint density at radius 3 is 2.86 bits per heavy atom. The van der Waals surface area contributed by atoms with E-state index in [1.165, 1.54) is 12.1 Å². The molecule has 1 aromatic carbocycles. The third-order valence-electron chi connectivity index (χ3n) is 4.17. The van der Waals surface area contributed by atoms with Crippen molar-refractivity contribution in [2.75, 3.05) is 6.54 Å². The molecule has 1 unspecified atom stereocenters. The summed E-state index contributed by atoms with van der Waals surface area (Å²) in [5, 5.41) is 3.18. The van der Waals surface area contributed by atoms with Crippen molar-refractivity contribution >= 4 is 29.1 Å². The zero-order chi connectivity index (χ0) is 15.6. The van der Waals surface area contributed by atoms with Crippen molar-refractivity contribution in [2.45, 2.75) is 32.2 Å². The topological polar surface area (TPSA) is 55.1 Å². The molecule has 1 amide bonds. The van der Waals surface area contributed by atoms with E-state index < -0.39 is 11.9 Å². The van der Waals surface area contributed by atoms with Gasteiger partial charge in [-0.2, -0.15) is 0 Å². The van der Waals surface area contributed by atoms with Crippen LogP contribution in [0.3, 0.4) is 0 Å². The summed E-state index contributed by atoms with van der Waals surface area (Å²) >= 11 is 12.0. The van der Waals surface area contributed by atoms with Crippen LogP contribution in [-0.4, -0.2) is 12.5 Å². The van der Waals surface area contributed by atoms with Crippen LogP contribution < -0.4 is 11.1 Å². The van der Waals surface area contributed by atoms with Crippen molar-refractivity contribution in [3.63, 3.8) is 0 Å². The minimum atomic E-state index is -0.544. The zero-order valence-corrected chi connectivity index (χ0v) is 13.3. The number of nitrogens with one attached hydrogen (secondary N) is 1. The molecule has 1 aliphatic rings. The van der Waals surface area contributed by atoms with Crippen LogP contribution in [0.5, 0.6) is 0 Å². The van der Waals surface area contributed by atoms with E-state index in [0.29, 0.717) is 17.1 Å². The van der Waals surface area contributed by atoms with Crippen LogP contribution in [0.25, 0.3) is 0 Å². The number of benzene rings is 1. The minimum absolute atomic E-state index is 0.0444. The first-order valence-electron chi connectivity index (χ1n) is 7.09. The molecule has 0 aliphatic heterocycles. The van der Waals surface area contributed by atoms with Gasteiger partial charge in [0.1, 0.15) is 5.82 Å². The number of nitrogens with two attached hydrogens (primary N) is 1. The van der Waals surface area contributed by atoms with Gasteiger partial charge in [-0.25, -0.2) is 4.39 Å². The predicted molar refractivity (Wildman–Crippen MR) is 82.9 cm³/mol. The van der Waals surface area contributed by atoms with Crippen molar-refractivity contribution in [1.82, 2.24) is 5.32 Å². The molecule has 3 N–H and O–H groups in total. The van der Waals surface area contributed by atoms with Crippen molar-refractivity contribution in [2.24, 2.45) is 17.6 Å². The third-order valence-corrected chi connectivity index (χ3v) is 4.88. The summed E-state index contributed by atoms with van der Waals surface area (Å²) in [7, 11) is 0. The molecule has 1 aromatic rings. The molecule has 0 bridgehead atoms. The molecular formula is C15H19Cl2FN2O. The number of halogens is 3. The lowest BCUT2D eigenvalue weighted by molar-refractivity contribution is -0.126. The van der Waals surface area contributed by atoms with Gasteiger partial charge in [0.2, 0.25) is 5.91 Å². The van der Waals surface area contributed by atoms with Crippen LogP contribution in [0.2, 0.25) is 10.0 Å².